The molecule has 0 saturated carbocycles. The van der Waals surface area contributed by atoms with Crippen LogP contribution in [0.25, 0.3) is 10.9 Å². The third kappa shape index (κ3) is 4.35. The first-order valence-corrected chi connectivity index (χ1v) is 10.4. The largest absolute Gasteiger partial charge is 0.433 e. The summed E-state index contributed by atoms with van der Waals surface area (Å²) in [4.78, 5) is 39.5. The van der Waals surface area contributed by atoms with E-state index in [4.69, 9.17) is 0 Å². The van der Waals surface area contributed by atoms with Gasteiger partial charge in [-0.25, -0.2) is 9.97 Å². The molecule has 11 heteroatoms. The van der Waals surface area contributed by atoms with Crippen LogP contribution in [0.1, 0.15) is 28.9 Å². The van der Waals surface area contributed by atoms with Crippen LogP contribution >= 0.6 is 0 Å². The summed E-state index contributed by atoms with van der Waals surface area (Å²) in [6.07, 6.45) is 2.27. The summed E-state index contributed by atoms with van der Waals surface area (Å²) in [5.41, 5.74) is -0.448. The fourth-order valence-corrected chi connectivity index (χ4v) is 4.16. The van der Waals surface area contributed by atoms with Gasteiger partial charge in [0.1, 0.15) is 23.4 Å². The monoisotopic (exact) mass is 460 g/mol. The molecule has 8 nitrogen and oxygen atoms in total. The summed E-state index contributed by atoms with van der Waals surface area (Å²) in [6.45, 7) is 4.83. The zero-order valence-electron chi connectivity index (χ0n) is 18.0. The minimum Gasteiger partial charge on any atom is -0.357 e. The predicted molar refractivity (Wildman–Crippen MR) is 117 cm³/mol. The lowest BCUT2D eigenvalue weighted by Gasteiger charge is -2.37. The van der Waals surface area contributed by atoms with E-state index in [0.717, 1.165) is 12.4 Å². The van der Waals surface area contributed by atoms with E-state index in [0.29, 0.717) is 42.4 Å². The number of aromatic nitrogens is 4. The van der Waals surface area contributed by atoms with Gasteiger partial charge in [0, 0.05) is 56.6 Å². The normalized spacial score (nSPS) is 15.1. The van der Waals surface area contributed by atoms with Gasteiger partial charge >= 0.3 is 6.18 Å². The van der Waals surface area contributed by atoms with Gasteiger partial charge in [0.15, 0.2) is 0 Å². The van der Waals surface area contributed by atoms with Crippen molar-refractivity contribution in [3.63, 3.8) is 0 Å². The van der Waals surface area contributed by atoms with Gasteiger partial charge in [0.05, 0.1) is 5.56 Å². The highest BCUT2D eigenvalue weighted by Gasteiger charge is 2.34. The van der Waals surface area contributed by atoms with E-state index in [-0.39, 0.29) is 29.9 Å². The lowest BCUT2D eigenvalue weighted by molar-refractivity contribution is -0.141. The first-order valence-electron chi connectivity index (χ1n) is 10.4. The maximum absolute atomic E-state index is 13.3. The van der Waals surface area contributed by atoms with E-state index < -0.39 is 11.9 Å². The molecule has 1 aliphatic heterocycles. The molecule has 1 saturated heterocycles. The molecule has 4 heterocycles. The lowest BCUT2D eigenvalue weighted by Crippen LogP contribution is -2.46. The van der Waals surface area contributed by atoms with E-state index in [1.807, 2.05) is 0 Å². The summed E-state index contributed by atoms with van der Waals surface area (Å²) in [6, 6.07) is 2.54. The second-order valence-electron chi connectivity index (χ2n) is 7.95. The van der Waals surface area contributed by atoms with Crippen molar-refractivity contribution in [1.82, 2.24) is 24.4 Å². The van der Waals surface area contributed by atoms with E-state index in [1.54, 1.807) is 41.4 Å². The van der Waals surface area contributed by atoms with Crippen LogP contribution in [0.2, 0.25) is 0 Å². The number of H-pyrrole nitrogens is 1. The van der Waals surface area contributed by atoms with Crippen molar-refractivity contribution < 1.29 is 18.0 Å². The van der Waals surface area contributed by atoms with Crippen molar-refractivity contribution in [2.45, 2.75) is 31.6 Å². The van der Waals surface area contributed by atoms with E-state index >= 15 is 0 Å². The van der Waals surface area contributed by atoms with Crippen molar-refractivity contribution in [3.8, 4) is 0 Å². The number of nitrogens with one attached hydrogen (secondary N) is 1. The molecule has 33 heavy (non-hydrogen) atoms. The number of alkyl halides is 3. The number of halogens is 3. The number of allylic oxidation sites excluding steroid dienone is 1. The average Bonchev–Trinajstić information content (AvgIpc) is 3.30. The van der Waals surface area contributed by atoms with Crippen molar-refractivity contribution in [1.29, 1.82) is 0 Å². The first kappa shape index (κ1) is 22.6. The number of amides is 1. The number of piperidine rings is 1. The van der Waals surface area contributed by atoms with Gasteiger partial charge < -0.3 is 19.4 Å². The van der Waals surface area contributed by atoms with Gasteiger partial charge in [0.25, 0.3) is 11.5 Å². The fourth-order valence-electron chi connectivity index (χ4n) is 4.16. The van der Waals surface area contributed by atoms with Crippen molar-refractivity contribution in [3.05, 3.63) is 65.1 Å². The number of carbonyl (C=O) groups is 1. The number of nitrogens with zero attached hydrogens (tertiary/aromatic N) is 5. The predicted octanol–water partition coefficient (Wildman–Crippen LogP) is 3.07. The summed E-state index contributed by atoms with van der Waals surface area (Å²) >= 11 is 0. The van der Waals surface area contributed by atoms with Gasteiger partial charge in [0.2, 0.25) is 0 Å². The van der Waals surface area contributed by atoms with E-state index in [1.165, 1.54) is 4.57 Å². The number of anilines is 1. The molecular formula is C22H23F3N6O2. The Balaban J connectivity index is 1.51. The third-order valence-electron chi connectivity index (χ3n) is 5.95. The maximum atomic E-state index is 13.3. The Morgan fingerprint density at radius 2 is 2.06 bits per heavy atom. The number of fused-ring (bicyclic) bond motifs is 1. The van der Waals surface area contributed by atoms with Crippen LogP contribution in [0.5, 0.6) is 0 Å². The molecule has 0 radical (unpaired) electrons. The van der Waals surface area contributed by atoms with Crippen LogP contribution in [0.15, 0.2) is 48.3 Å². The van der Waals surface area contributed by atoms with E-state index in [2.05, 4.69) is 21.5 Å². The van der Waals surface area contributed by atoms with Crippen LogP contribution in [0, 0.1) is 0 Å². The summed E-state index contributed by atoms with van der Waals surface area (Å²) in [7, 11) is 1.70. The molecule has 0 spiro atoms. The number of carbonyl (C=O) groups excluding carboxylic acids is 1. The van der Waals surface area contributed by atoms with Crippen molar-refractivity contribution in [2.24, 2.45) is 0 Å². The molecule has 3 aromatic rings. The second kappa shape index (κ2) is 8.72. The highest BCUT2D eigenvalue weighted by Crippen LogP contribution is 2.30. The smallest absolute Gasteiger partial charge is 0.357 e. The Labute approximate surface area is 187 Å². The Morgan fingerprint density at radius 3 is 2.73 bits per heavy atom. The molecule has 0 aromatic carbocycles. The number of hydrogen-bond acceptors (Lipinski definition) is 5. The topological polar surface area (TPSA) is 87.1 Å². The molecular weight excluding hydrogens is 437 g/mol. The van der Waals surface area contributed by atoms with Crippen molar-refractivity contribution in [2.75, 3.05) is 25.0 Å². The van der Waals surface area contributed by atoms with Crippen LogP contribution < -0.4 is 10.5 Å². The second-order valence-corrected chi connectivity index (χ2v) is 7.95. The van der Waals surface area contributed by atoms with Gasteiger partial charge in [-0.3, -0.25) is 9.59 Å². The molecule has 0 atom stereocenters. The van der Waals surface area contributed by atoms with E-state index in [9.17, 15) is 22.8 Å². The standard InChI is InChI=1S/C22H23F3N6O2/c1-3-8-31-12-16(15-4-7-26-19(15)21(31)33)20(32)29(2)14-5-9-30(10-6-14)18-11-17(22(23,24)25)27-13-28-18/h3-4,7,11-14,26H,1,5-6,8-10H2,2H3. The SMILES string of the molecule is C=CCn1cc(C(=O)N(C)C2CCN(c3cc(C(F)(F)F)ncn3)CC2)c2cc[nH]c2c1=O. The number of aromatic amines is 1. The molecule has 0 unspecified atom stereocenters. The van der Waals surface area contributed by atoms with Gasteiger partial charge in [-0.15, -0.1) is 6.58 Å². The average molecular weight is 460 g/mol. The van der Waals surface area contributed by atoms with Crippen LogP contribution in [-0.2, 0) is 12.7 Å². The minimum atomic E-state index is -4.53. The molecule has 174 valence electrons. The molecule has 3 aromatic heterocycles. The Kier molecular flexibility index (Phi) is 5.96. The summed E-state index contributed by atoms with van der Waals surface area (Å²) in [5, 5.41) is 0.551. The quantitative estimate of drug-likeness (QED) is 0.592. The number of pyridine rings is 1. The van der Waals surface area contributed by atoms with Crippen LogP contribution in [0.3, 0.4) is 0 Å². The number of hydrogen-bond donors (Lipinski definition) is 1. The minimum absolute atomic E-state index is 0.105. The zero-order valence-corrected chi connectivity index (χ0v) is 18.0. The molecule has 1 amide bonds. The maximum Gasteiger partial charge on any atom is 0.433 e. The number of rotatable bonds is 5. The molecule has 4 rings (SSSR count). The summed E-state index contributed by atoms with van der Waals surface area (Å²) in [5.74, 6) is -0.00690. The third-order valence-corrected chi connectivity index (χ3v) is 5.95. The lowest BCUT2D eigenvalue weighted by atomic mass is 10.0. The molecule has 1 N–H and O–H groups in total. The van der Waals surface area contributed by atoms with Crippen LogP contribution in [-0.4, -0.2) is 56.5 Å². The fraction of sp³-hybridized carbons (Fsp3) is 0.364. The summed E-state index contributed by atoms with van der Waals surface area (Å²) < 4.78 is 40.3. The first-order chi connectivity index (χ1) is 15.7. The molecule has 0 aliphatic carbocycles. The van der Waals surface area contributed by atoms with Gasteiger partial charge in [-0.2, -0.15) is 13.2 Å². The highest BCUT2D eigenvalue weighted by atomic mass is 19.4. The Bertz CT molecular complexity index is 1240. The Hall–Kier alpha value is -3.63. The molecule has 1 aliphatic rings. The molecule has 0 bridgehead atoms. The van der Waals surface area contributed by atoms with Gasteiger partial charge in [-0.1, -0.05) is 6.08 Å². The zero-order chi connectivity index (χ0) is 23.8. The van der Waals surface area contributed by atoms with Gasteiger partial charge in [-0.05, 0) is 18.9 Å². The van der Waals surface area contributed by atoms with Crippen LogP contribution in [0.4, 0.5) is 19.0 Å². The molecule has 1 fully saturated rings. The van der Waals surface area contributed by atoms with Crippen molar-refractivity contribution >= 4 is 22.6 Å². The highest BCUT2D eigenvalue weighted by molar-refractivity contribution is 6.05. The Morgan fingerprint density at radius 1 is 1.33 bits per heavy atom.